The molecule has 0 spiro atoms. The number of carbonyl (C=O) groups is 2. The van der Waals surface area contributed by atoms with Crippen molar-refractivity contribution in [2.75, 3.05) is 19.1 Å². The van der Waals surface area contributed by atoms with Crippen molar-refractivity contribution in [3.05, 3.63) is 59.2 Å². The number of hydrogen-bond acceptors (Lipinski definition) is 5. The van der Waals surface area contributed by atoms with Gasteiger partial charge in [-0.3, -0.25) is 4.79 Å². The zero-order chi connectivity index (χ0) is 22.1. The third-order valence-electron chi connectivity index (χ3n) is 5.00. The first kappa shape index (κ1) is 21.9. The lowest BCUT2D eigenvalue weighted by Crippen LogP contribution is -2.26. The van der Waals surface area contributed by atoms with Gasteiger partial charge in [0.25, 0.3) is 0 Å². The highest BCUT2D eigenvalue weighted by molar-refractivity contribution is 7.90. The smallest absolute Gasteiger partial charge is 0.341 e. The molecule has 1 N–H and O–H groups in total. The van der Waals surface area contributed by atoms with Crippen LogP contribution in [0.4, 0.5) is 8.78 Å². The average molecular weight is 437 g/mol. The van der Waals surface area contributed by atoms with Gasteiger partial charge >= 0.3 is 5.97 Å². The Morgan fingerprint density at radius 3 is 2.53 bits per heavy atom. The molecular weight excluding hydrogens is 416 g/mol. The van der Waals surface area contributed by atoms with E-state index in [0.717, 1.165) is 25.5 Å². The van der Waals surface area contributed by atoms with Crippen LogP contribution in [0.5, 0.6) is 0 Å². The van der Waals surface area contributed by atoms with E-state index in [1.807, 2.05) is 0 Å². The molecule has 1 aliphatic rings. The number of halogens is 2. The number of carbonyl (C=O) groups excluding carboxylic acids is 2. The Labute approximate surface area is 173 Å². The number of methoxy groups -OCH3 is 1. The van der Waals surface area contributed by atoms with Crippen molar-refractivity contribution in [3.8, 4) is 11.1 Å². The molecule has 2 aromatic carbocycles. The maximum absolute atomic E-state index is 14.6. The second-order valence-corrected chi connectivity index (χ2v) is 9.56. The van der Waals surface area contributed by atoms with Crippen LogP contribution in [0.3, 0.4) is 0 Å². The monoisotopic (exact) mass is 437 g/mol. The number of nitrogens with one attached hydrogen (secondary N) is 1. The van der Waals surface area contributed by atoms with Gasteiger partial charge in [0.1, 0.15) is 27.0 Å². The van der Waals surface area contributed by atoms with Crippen LogP contribution in [0.25, 0.3) is 11.1 Å². The lowest BCUT2D eigenvalue weighted by Gasteiger charge is -2.11. The molecule has 0 heterocycles. The van der Waals surface area contributed by atoms with Crippen molar-refractivity contribution in [1.82, 2.24) is 5.32 Å². The number of benzene rings is 2. The van der Waals surface area contributed by atoms with Crippen LogP contribution in [0.1, 0.15) is 22.3 Å². The summed E-state index contributed by atoms with van der Waals surface area (Å²) in [5.74, 6) is -3.20. The van der Waals surface area contributed by atoms with Gasteiger partial charge in [-0.1, -0.05) is 24.3 Å². The molecule has 1 amide bonds. The lowest BCUT2D eigenvalue weighted by molar-refractivity contribution is -0.122. The first-order chi connectivity index (χ1) is 14.1. The summed E-state index contributed by atoms with van der Waals surface area (Å²) in [6, 6.07) is 8.14. The molecule has 0 radical (unpaired) electrons. The van der Waals surface area contributed by atoms with Crippen molar-refractivity contribution < 1.29 is 31.5 Å². The van der Waals surface area contributed by atoms with Crippen molar-refractivity contribution >= 4 is 21.7 Å². The fourth-order valence-corrected chi connectivity index (χ4v) is 4.53. The van der Waals surface area contributed by atoms with Gasteiger partial charge in [0.2, 0.25) is 5.91 Å². The Hall–Kier alpha value is -2.81. The summed E-state index contributed by atoms with van der Waals surface area (Å²) in [5.41, 5.74) is 0.408. The number of ether oxygens (including phenoxy) is 1. The highest BCUT2D eigenvalue weighted by atomic mass is 32.2. The van der Waals surface area contributed by atoms with Crippen LogP contribution in [0.15, 0.2) is 36.4 Å². The largest absolute Gasteiger partial charge is 0.465 e. The highest BCUT2D eigenvalue weighted by Crippen LogP contribution is 2.39. The van der Waals surface area contributed by atoms with Gasteiger partial charge in [0.15, 0.2) is 0 Å². The Morgan fingerprint density at radius 1 is 1.17 bits per heavy atom. The number of esters is 1. The second-order valence-electron chi connectivity index (χ2n) is 7.37. The van der Waals surface area contributed by atoms with Gasteiger partial charge in [0.05, 0.1) is 12.9 Å². The van der Waals surface area contributed by atoms with Gasteiger partial charge in [0, 0.05) is 24.3 Å². The second kappa shape index (κ2) is 8.51. The molecule has 0 saturated heterocycles. The van der Waals surface area contributed by atoms with Crippen LogP contribution < -0.4 is 5.32 Å². The van der Waals surface area contributed by atoms with E-state index in [1.165, 1.54) is 24.3 Å². The molecule has 0 aliphatic heterocycles. The molecule has 2 aromatic rings. The van der Waals surface area contributed by atoms with E-state index in [4.69, 9.17) is 0 Å². The van der Waals surface area contributed by atoms with E-state index in [9.17, 15) is 26.8 Å². The Kier molecular flexibility index (Phi) is 6.21. The molecule has 30 heavy (non-hydrogen) atoms. The normalized spacial score (nSPS) is 18.0. The summed E-state index contributed by atoms with van der Waals surface area (Å²) in [6.45, 7) is -0.0694. The number of hydrogen-bond donors (Lipinski definition) is 1. The molecule has 2 atom stereocenters. The van der Waals surface area contributed by atoms with Gasteiger partial charge in [-0.05, 0) is 35.6 Å². The van der Waals surface area contributed by atoms with Crippen molar-refractivity contribution in [1.29, 1.82) is 0 Å². The van der Waals surface area contributed by atoms with E-state index in [-0.39, 0.29) is 52.3 Å². The fraction of sp³-hybridized carbons (Fsp3) is 0.333. The molecule has 1 fully saturated rings. The summed E-state index contributed by atoms with van der Waals surface area (Å²) < 4.78 is 55.9. The van der Waals surface area contributed by atoms with E-state index in [2.05, 4.69) is 10.1 Å². The molecule has 6 nitrogen and oxygen atoms in total. The first-order valence-corrected chi connectivity index (χ1v) is 11.3. The van der Waals surface area contributed by atoms with E-state index < -0.39 is 27.4 Å². The van der Waals surface area contributed by atoms with Crippen LogP contribution in [-0.4, -0.2) is 39.4 Å². The maximum atomic E-state index is 14.6. The van der Waals surface area contributed by atoms with Crippen LogP contribution in [0.2, 0.25) is 0 Å². The van der Waals surface area contributed by atoms with Crippen LogP contribution in [0, 0.1) is 23.5 Å². The summed E-state index contributed by atoms with van der Waals surface area (Å²) in [4.78, 5) is 24.0. The van der Waals surface area contributed by atoms with Crippen molar-refractivity contribution in [3.63, 3.8) is 0 Å². The third-order valence-corrected chi connectivity index (χ3v) is 6.03. The van der Waals surface area contributed by atoms with Gasteiger partial charge in [-0.25, -0.2) is 22.0 Å². The number of rotatable bonds is 7. The molecule has 0 bridgehead atoms. The average Bonchev–Trinajstić information content (AvgIpc) is 3.43. The molecule has 9 heteroatoms. The minimum Gasteiger partial charge on any atom is -0.465 e. The third kappa shape index (κ3) is 5.02. The summed E-state index contributed by atoms with van der Waals surface area (Å²) in [5, 5.41) is 2.62. The number of amides is 1. The van der Waals surface area contributed by atoms with E-state index in [0.29, 0.717) is 6.42 Å². The van der Waals surface area contributed by atoms with Gasteiger partial charge in [-0.15, -0.1) is 0 Å². The molecule has 1 aliphatic carbocycles. The zero-order valence-corrected chi connectivity index (χ0v) is 17.3. The quantitative estimate of drug-likeness (QED) is 0.673. The first-order valence-electron chi connectivity index (χ1n) is 9.21. The minimum atomic E-state index is -3.15. The van der Waals surface area contributed by atoms with Crippen molar-refractivity contribution in [2.24, 2.45) is 11.8 Å². The topological polar surface area (TPSA) is 89.5 Å². The molecule has 2 unspecified atom stereocenters. The Morgan fingerprint density at radius 2 is 1.90 bits per heavy atom. The SMILES string of the molecule is COC(=O)c1c(F)cccc1-c1ccc(CNC(=O)C2CC2CS(C)(=O)=O)c(F)c1. The number of sulfone groups is 1. The summed E-state index contributed by atoms with van der Waals surface area (Å²) >= 11 is 0. The van der Waals surface area contributed by atoms with E-state index in [1.54, 1.807) is 0 Å². The lowest BCUT2D eigenvalue weighted by atomic mass is 9.98. The Bertz CT molecular complexity index is 1100. The predicted molar refractivity (Wildman–Crippen MR) is 106 cm³/mol. The molecular formula is C21H21F2NO5S. The molecule has 3 rings (SSSR count). The molecule has 0 aromatic heterocycles. The summed E-state index contributed by atoms with van der Waals surface area (Å²) in [7, 11) is -2.02. The standard InChI is InChI=1S/C21H21F2NO5S/c1-29-21(26)19-15(4-3-5-17(19)22)12-6-7-13(18(23)9-12)10-24-20(25)16-8-14(16)11-30(2,27)28/h3-7,9,14,16H,8,10-11H2,1-2H3,(H,24,25). The van der Waals surface area contributed by atoms with Gasteiger partial charge in [-0.2, -0.15) is 0 Å². The van der Waals surface area contributed by atoms with E-state index >= 15 is 0 Å². The fourth-order valence-electron chi connectivity index (χ4n) is 3.39. The van der Waals surface area contributed by atoms with Gasteiger partial charge < -0.3 is 10.1 Å². The minimum absolute atomic E-state index is 0.0374. The molecule has 160 valence electrons. The van der Waals surface area contributed by atoms with Crippen molar-refractivity contribution in [2.45, 2.75) is 13.0 Å². The maximum Gasteiger partial charge on any atom is 0.341 e. The zero-order valence-electron chi connectivity index (χ0n) is 16.4. The van der Waals surface area contributed by atoms with Crippen LogP contribution in [-0.2, 0) is 25.9 Å². The molecule has 1 saturated carbocycles. The predicted octanol–water partition coefficient (Wildman–Crippen LogP) is 2.72. The van der Waals surface area contributed by atoms with Crippen LogP contribution >= 0.6 is 0 Å². The highest BCUT2D eigenvalue weighted by Gasteiger charge is 2.44. The Balaban J connectivity index is 1.71. The summed E-state index contributed by atoms with van der Waals surface area (Å²) in [6.07, 6.45) is 1.62.